The molecule has 2 aromatic heterocycles. The Bertz CT molecular complexity index is 1180. The highest BCUT2D eigenvalue weighted by atomic mass is 32.2. The minimum absolute atomic E-state index is 0.109. The third-order valence-corrected chi connectivity index (χ3v) is 5.29. The summed E-state index contributed by atoms with van der Waals surface area (Å²) in [5.74, 6) is 0.416. The number of halogens is 1. The molecule has 0 saturated carbocycles. The number of amides is 1. The standard InChI is InChI=1S/C22H18FN5OS/c1-15-8-7-13-24-20(15)25-19(29)14-30-22-27-26-21(17-11-5-6-12-18(17)23)28(22)16-9-3-2-4-10-16/h2-13H,14H2,1H3,(H,24,25,29). The molecule has 0 aliphatic heterocycles. The van der Waals surface area contributed by atoms with Crippen molar-refractivity contribution in [3.63, 3.8) is 0 Å². The fraction of sp³-hybridized carbons (Fsp3) is 0.0909. The molecular weight excluding hydrogens is 401 g/mol. The van der Waals surface area contributed by atoms with Crippen molar-refractivity contribution in [1.82, 2.24) is 19.7 Å². The summed E-state index contributed by atoms with van der Waals surface area (Å²) < 4.78 is 16.2. The van der Waals surface area contributed by atoms with E-state index in [1.807, 2.05) is 49.4 Å². The zero-order chi connectivity index (χ0) is 20.9. The molecule has 2 aromatic carbocycles. The van der Waals surface area contributed by atoms with Gasteiger partial charge in [0.1, 0.15) is 11.6 Å². The number of hydrogen-bond donors (Lipinski definition) is 1. The molecule has 1 amide bonds. The van der Waals surface area contributed by atoms with E-state index in [1.54, 1.807) is 29.0 Å². The Labute approximate surface area is 177 Å². The van der Waals surface area contributed by atoms with Crippen LogP contribution in [0.25, 0.3) is 17.1 Å². The van der Waals surface area contributed by atoms with E-state index in [-0.39, 0.29) is 17.5 Å². The van der Waals surface area contributed by atoms with Gasteiger partial charge in [-0.25, -0.2) is 9.37 Å². The molecule has 30 heavy (non-hydrogen) atoms. The van der Waals surface area contributed by atoms with Crippen LogP contribution in [0.1, 0.15) is 5.56 Å². The highest BCUT2D eigenvalue weighted by molar-refractivity contribution is 7.99. The summed E-state index contributed by atoms with van der Waals surface area (Å²) in [4.78, 5) is 16.6. The van der Waals surface area contributed by atoms with E-state index in [0.717, 1.165) is 11.3 Å². The maximum absolute atomic E-state index is 14.4. The Balaban J connectivity index is 1.61. The van der Waals surface area contributed by atoms with Gasteiger partial charge < -0.3 is 5.32 Å². The van der Waals surface area contributed by atoms with Gasteiger partial charge in [-0.05, 0) is 42.8 Å². The van der Waals surface area contributed by atoms with Crippen LogP contribution >= 0.6 is 11.8 Å². The van der Waals surface area contributed by atoms with Gasteiger partial charge in [0.25, 0.3) is 0 Å². The monoisotopic (exact) mass is 419 g/mol. The first-order chi connectivity index (χ1) is 14.6. The van der Waals surface area contributed by atoms with Gasteiger partial charge in [0, 0.05) is 11.9 Å². The van der Waals surface area contributed by atoms with Gasteiger partial charge in [-0.3, -0.25) is 9.36 Å². The van der Waals surface area contributed by atoms with Gasteiger partial charge >= 0.3 is 0 Å². The number of rotatable bonds is 6. The molecular formula is C22H18FN5OS. The van der Waals surface area contributed by atoms with E-state index in [9.17, 15) is 9.18 Å². The summed E-state index contributed by atoms with van der Waals surface area (Å²) in [5.41, 5.74) is 2.00. The van der Waals surface area contributed by atoms with E-state index >= 15 is 0 Å². The Morgan fingerprint density at radius 1 is 1.03 bits per heavy atom. The van der Waals surface area contributed by atoms with E-state index in [4.69, 9.17) is 0 Å². The molecule has 0 unspecified atom stereocenters. The molecule has 1 N–H and O–H groups in total. The predicted molar refractivity (Wildman–Crippen MR) is 115 cm³/mol. The Hall–Kier alpha value is -3.52. The molecule has 0 spiro atoms. The summed E-state index contributed by atoms with van der Waals surface area (Å²) in [6.45, 7) is 1.88. The van der Waals surface area contributed by atoms with Crippen LogP contribution in [0.5, 0.6) is 0 Å². The quantitative estimate of drug-likeness (QED) is 0.466. The fourth-order valence-corrected chi connectivity index (χ4v) is 3.66. The van der Waals surface area contributed by atoms with Crippen molar-refractivity contribution in [2.75, 3.05) is 11.1 Å². The minimum Gasteiger partial charge on any atom is -0.310 e. The lowest BCUT2D eigenvalue weighted by atomic mass is 10.2. The second-order valence-electron chi connectivity index (χ2n) is 6.46. The van der Waals surface area contributed by atoms with E-state index in [0.29, 0.717) is 22.4 Å². The second kappa shape index (κ2) is 8.87. The van der Waals surface area contributed by atoms with Gasteiger partial charge in [0.2, 0.25) is 5.91 Å². The van der Waals surface area contributed by atoms with Gasteiger partial charge in [-0.1, -0.05) is 48.2 Å². The predicted octanol–water partition coefficient (Wildman–Crippen LogP) is 4.51. The lowest BCUT2D eigenvalue weighted by Gasteiger charge is -2.11. The van der Waals surface area contributed by atoms with Crippen LogP contribution in [-0.4, -0.2) is 31.4 Å². The summed E-state index contributed by atoms with van der Waals surface area (Å²) >= 11 is 1.22. The van der Waals surface area contributed by atoms with Crippen molar-refractivity contribution in [2.24, 2.45) is 0 Å². The number of carbonyl (C=O) groups excluding carboxylic acids is 1. The van der Waals surface area contributed by atoms with Crippen molar-refractivity contribution in [3.05, 3.63) is 84.3 Å². The molecule has 0 saturated heterocycles. The summed E-state index contributed by atoms with van der Waals surface area (Å²) in [5, 5.41) is 11.7. The summed E-state index contributed by atoms with van der Waals surface area (Å²) in [7, 11) is 0. The molecule has 0 fully saturated rings. The van der Waals surface area contributed by atoms with Crippen LogP contribution in [-0.2, 0) is 4.79 Å². The number of carbonyl (C=O) groups is 1. The maximum Gasteiger partial charge on any atom is 0.236 e. The molecule has 4 rings (SSSR count). The third-order valence-electron chi connectivity index (χ3n) is 4.36. The molecule has 2 heterocycles. The van der Waals surface area contributed by atoms with Gasteiger partial charge in [0.05, 0.1) is 11.3 Å². The maximum atomic E-state index is 14.4. The molecule has 4 aromatic rings. The zero-order valence-corrected chi connectivity index (χ0v) is 16.9. The highest BCUT2D eigenvalue weighted by Crippen LogP contribution is 2.29. The Morgan fingerprint density at radius 2 is 1.80 bits per heavy atom. The number of aromatic nitrogens is 4. The van der Waals surface area contributed by atoms with Gasteiger partial charge in [-0.15, -0.1) is 10.2 Å². The molecule has 0 bridgehead atoms. The average molecular weight is 419 g/mol. The number of aryl methyl sites for hydroxylation is 1. The normalized spacial score (nSPS) is 10.7. The second-order valence-corrected chi connectivity index (χ2v) is 7.41. The van der Waals surface area contributed by atoms with Crippen LogP contribution in [0.2, 0.25) is 0 Å². The number of thioether (sulfide) groups is 1. The number of nitrogens with zero attached hydrogens (tertiary/aromatic N) is 4. The lowest BCUT2D eigenvalue weighted by Crippen LogP contribution is -2.16. The van der Waals surface area contributed by atoms with Crippen molar-refractivity contribution < 1.29 is 9.18 Å². The number of hydrogen-bond acceptors (Lipinski definition) is 5. The highest BCUT2D eigenvalue weighted by Gasteiger charge is 2.19. The van der Waals surface area contributed by atoms with Crippen molar-refractivity contribution >= 4 is 23.5 Å². The largest absolute Gasteiger partial charge is 0.310 e. The number of anilines is 1. The number of pyridine rings is 1. The van der Waals surface area contributed by atoms with Crippen LogP contribution in [0.3, 0.4) is 0 Å². The molecule has 0 radical (unpaired) electrons. The number of benzene rings is 2. The van der Waals surface area contributed by atoms with E-state index < -0.39 is 0 Å². The number of nitrogens with one attached hydrogen (secondary N) is 1. The van der Waals surface area contributed by atoms with Crippen molar-refractivity contribution in [2.45, 2.75) is 12.1 Å². The average Bonchev–Trinajstić information content (AvgIpc) is 3.18. The fourth-order valence-electron chi connectivity index (χ4n) is 2.91. The SMILES string of the molecule is Cc1cccnc1NC(=O)CSc1nnc(-c2ccccc2F)n1-c1ccccc1. The summed E-state index contributed by atoms with van der Waals surface area (Å²) in [6, 6.07) is 19.5. The first-order valence-corrected chi connectivity index (χ1v) is 10.2. The van der Waals surface area contributed by atoms with Crippen molar-refractivity contribution in [3.8, 4) is 17.1 Å². The Morgan fingerprint density at radius 3 is 2.57 bits per heavy atom. The molecule has 0 aliphatic rings. The van der Waals surface area contributed by atoms with Crippen molar-refractivity contribution in [1.29, 1.82) is 0 Å². The first kappa shape index (κ1) is 19.8. The van der Waals surface area contributed by atoms with E-state index in [2.05, 4.69) is 20.5 Å². The summed E-state index contributed by atoms with van der Waals surface area (Å²) in [6.07, 6.45) is 1.63. The number of para-hydroxylation sites is 1. The van der Waals surface area contributed by atoms with Crippen LogP contribution < -0.4 is 5.32 Å². The van der Waals surface area contributed by atoms with Crippen LogP contribution in [0, 0.1) is 12.7 Å². The van der Waals surface area contributed by atoms with Gasteiger partial charge in [-0.2, -0.15) is 0 Å². The smallest absolute Gasteiger partial charge is 0.236 e. The van der Waals surface area contributed by atoms with E-state index in [1.165, 1.54) is 17.8 Å². The molecule has 150 valence electrons. The first-order valence-electron chi connectivity index (χ1n) is 9.23. The lowest BCUT2D eigenvalue weighted by molar-refractivity contribution is -0.113. The Kier molecular flexibility index (Phi) is 5.85. The topological polar surface area (TPSA) is 72.7 Å². The zero-order valence-electron chi connectivity index (χ0n) is 16.1. The van der Waals surface area contributed by atoms with Crippen LogP contribution in [0.15, 0.2) is 78.1 Å². The molecule has 0 aliphatic carbocycles. The minimum atomic E-state index is -0.387. The van der Waals surface area contributed by atoms with Gasteiger partial charge in [0.15, 0.2) is 11.0 Å². The molecule has 6 nitrogen and oxygen atoms in total. The third kappa shape index (κ3) is 4.23. The van der Waals surface area contributed by atoms with Crippen LogP contribution in [0.4, 0.5) is 10.2 Å². The molecule has 8 heteroatoms. The molecule has 0 atom stereocenters.